The number of hydrogen-bond donors (Lipinski definition) is 1. The van der Waals surface area contributed by atoms with Crippen molar-refractivity contribution in [3.05, 3.63) is 53.7 Å². The highest BCUT2D eigenvalue weighted by atomic mass is 35.5. The van der Waals surface area contributed by atoms with Gasteiger partial charge in [-0.3, -0.25) is 4.98 Å². The van der Waals surface area contributed by atoms with Gasteiger partial charge in [-0.1, -0.05) is 23.7 Å². The Labute approximate surface area is 127 Å². The Morgan fingerprint density at radius 3 is 2.90 bits per heavy atom. The summed E-state index contributed by atoms with van der Waals surface area (Å²) in [5, 5.41) is 6.01. The van der Waals surface area contributed by atoms with Crippen LogP contribution in [0.1, 0.15) is 24.6 Å². The minimum Gasteiger partial charge on any atom is -0.340 e. The molecule has 1 aliphatic rings. The van der Waals surface area contributed by atoms with Gasteiger partial charge in [0.1, 0.15) is 16.8 Å². The SMILES string of the molecule is Clc1cc(Nc2cccc3ccncc23)nc(C2CC2)n1. The molecule has 2 aromatic heterocycles. The monoisotopic (exact) mass is 296 g/mol. The van der Waals surface area contributed by atoms with Gasteiger partial charge in [0.05, 0.1) is 0 Å². The van der Waals surface area contributed by atoms with Crippen LogP contribution < -0.4 is 5.32 Å². The topological polar surface area (TPSA) is 50.7 Å². The Hall–Kier alpha value is -2.20. The van der Waals surface area contributed by atoms with E-state index in [1.165, 1.54) is 0 Å². The molecule has 1 aliphatic carbocycles. The maximum absolute atomic E-state index is 6.10. The predicted octanol–water partition coefficient (Wildman–Crippen LogP) is 4.30. The fourth-order valence-electron chi connectivity index (χ4n) is 2.38. The fraction of sp³-hybridized carbons (Fsp3) is 0.188. The van der Waals surface area contributed by atoms with Gasteiger partial charge in [-0.15, -0.1) is 0 Å². The molecular formula is C16H13ClN4. The Kier molecular flexibility index (Phi) is 2.97. The van der Waals surface area contributed by atoms with Crippen molar-refractivity contribution in [3.63, 3.8) is 0 Å². The van der Waals surface area contributed by atoms with Crippen molar-refractivity contribution in [1.82, 2.24) is 15.0 Å². The summed E-state index contributed by atoms with van der Waals surface area (Å²) in [6.45, 7) is 0. The van der Waals surface area contributed by atoms with Gasteiger partial charge in [-0.05, 0) is 30.4 Å². The van der Waals surface area contributed by atoms with E-state index in [4.69, 9.17) is 11.6 Å². The highest BCUT2D eigenvalue weighted by Crippen LogP contribution is 2.39. The molecule has 2 heterocycles. The lowest BCUT2D eigenvalue weighted by Gasteiger charge is -2.10. The molecule has 104 valence electrons. The van der Waals surface area contributed by atoms with E-state index in [9.17, 15) is 0 Å². The van der Waals surface area contributed by atoms with E-state index < -0.39 is 0 Å². The van der Waals surface area contributed by atoms with Crippen LogP contribution in [0.3, 0.4) is 0 Å². The highest BCUT2D eigenvalue weighted by Gasteiger charge is 2.27. The van der Waals surface area contributed by atoms with Gasteiger partial charge in [0.25, 0.3) is 0 Å². The lowest BCUT2D eigenvalue weighted by atomic mass is 10.1. The van der Waals surface area contributed by atoms with E-state index in [0.29, 0.717) is 11.1 Å². The van der Waals surface area contributed by atoms with Crippen LogP contribution in [0.15, 0.2) is 42.7 Å². The first-order valence-corrected chi connectivity index (χ1v) is 7.31. The first kappa shape index (κ1) is 12.5. The van der Waals surface area contributed by atoms with Crippen molar-refractivity contribution in [3.8, 4) is 0 Å². The van der Waals surface area contributed by atoms with E-state index in [-0.39, 0.29) is 0 Å². The zero-order chi connectivity index (χ0) is 14.2. The molecule has 5 heteroatoms. The van der Waals surface area contributed by atoms with Gasteiger partial charge in [0.15, 0.2) is 0 Å². The molecule has 0 saturated heterocycles. The van der Waals surface area contributed by atoms with Gasteiger partial charge in [0, 0.05) is 35.5 Å². The molecule has 0 bridgehead atoms. The number of aromatic nitrogens is 3. The summed E-state index contributed by atoms with van der Waals surface area (Å²) < 4.78 is 0. The smallest absolute Gasteiger partial charge is 0.135 e. The average molecular weight is 297 g/mol. The summed E-state index contributed by atoms with van der Waals surface area (Å²) in [6.07, 6.45) is 5.94. The highest BCUT2D eigenvalue weighted by molar-refractivity contribution is 6.29. The minimum absolute atomic E-state index is 0.471. The molecule has 1 N–H and O–H groups in total. The first-order valence-electron chi connectivity index (χ1n) is 6.94. The van der Waals surface area contributed by atoms with Crippen LogP contribution in [0.5, 0.6) is 0 Å². The second kappa shape index (κ2) is 4.97. The Morgan fingerprint density at radius 2 is 2.05 bits per heavy atom. The van der Waals surface area contributed by atoms with Gasteiger partial charge in [0.2, 0.25) is 0 Å². The number of fused-ring (bicyclic) bond motifs is 1. The second-order valence-electron chi connectivity index (χ2n) is 5.24. The lowest BCUT2D eigenvalue weighted by Crippen LogP contribution is -2.00. The fourth-order valence-corrected chi connectivity index (χ4v) is 2.57. The zero-order valence-corrected chi connectivity index (χ0v) is 12.0. The molecular weight excluding hydrogens is 284 g/mol. The third-order valence-electron chi connectivity index (χ3n) is 3.60. The van der Waals surface area contributed by atoms with Crippen LogP contribution in [0.25, 0.3) is 10.8 Å². The minimum atomic E-state index is 0.471. The normalized spacial score (nSPS) is 14.3. The lowest BCUT2D eigenvalue weighted by molar-refractivity contribution is 0.931. The zero-order valence-electron chi connectivity index (χ0n) is 11.3. The van der Waals surface area contributed by atoms with Gasteiger partial charge in [-0.25, -0.2) is 9.97 Å². The molecule has 0 atom stereocenters. The van der Waals surface area contributed by atoms with Gasteiger partial charge < -0.3 is 5.32 Å². The summed E-state index contributed by atoms with van der Waals surface area (Å²) in [6, 6.07) is 9.82. The standard InChI is InChI=1S/C16H13ClN4/c17-14-8-15(21-16(20-14)11-4-5-11)19-13-3-1-2-10-6-7-18-9-12(10)13/h1-3,6-9,11H,4-5H2,(H,19,20,21). The van der Waals surface area contributed by atoms with Crippen LogP contribution >= 0.6 is 11.6 Å². The molecule has 1 aromatic carbocycles. The third-order valence-corrected chi connectivity index (χ3v) is 3.79. The summed E-state index contributed by atoms with van der Waals surface area (Å²) >= 11 is 6.10. The summed E-state index contributed by atoms with van der Waals surface area (Å²) in [5.74, 6) is 2.04. The number of anilines is 2. The molecule has 0 amide bonds. The maximum Gasteiger partial charge on any atom is 0.135 e. The van der Waals surface area contributed by atoms with Gasteiger partial charge >= 0.3 is 0 Å². The molecule has 3 aromatic rings. The van der Waals surface area contributed by atoms with Crippen LogP contribution in [0.4, 0.5) is 11.5 Å². The second-order valence-corrected chi connectivity index (χ2v) is 5.62. The Morgan fingerprint density at radius 1 is 1.14 bits per heavy atom. The van der Waals surface area contributed by atoms with Crippen LogP contribution in [0, 0.1) is 0 Å². The van der Waals surface area contributed by atoms with Crippen molar-refractivity contribution < 1.29 is 0 Å². The maximum atomic E-state index is 6.10. The largest absolute Gasteiger partial charge is 0.340 e. The van der Waals surface area contributed by atoms with Crippen molar-refractivity contribution in [2.75, 3.05) is 5.32 Å². The number of nitrogens with one attached hydrogen (secondary N) is 1. The summed E-state index contributed by atoms with van der Waals surface area (Å²) in [4.78, 5) is 13.1. The van der Waals surface area contributed by atoms with Crippen LogP contribution in [0.2, 0.25) is 5.15 Å². The Balaban J connectivity index is 1.74. The van der Waals surface area contributed by atoms with E-state index in [0.717, 1.165) is 40.9 Å². The van der Waals surface area contributed by atoms with E-state index >= 15 is 0 Å². The van der Waals surface area contributed by atoms with Crippen LogP contribution in [-0.2, 0) is 0 Å². The van der Waals surface area contributed by atoms with Crippen molar-refractivity contribution in [2.24, 2.45) is 0 Å². The third kappa shape index (κ3) is 2.54. The number of pyridine rings is 1. The number of nitrogens with zero attached hydrogens (tertiary/aromatic N) is 3. The van der Waals surface area contributed by atoms with Crippen molar-refractivity contribution in [1.29, 1.82) is 0 Å². The molecule has 0 radical (unpaired) electrons. The average Bonchev–Trinajstić information content (AvgIpc) is 3.32. The number of benzene rings is 1. The number of halogens is 1. The number of hydrogen-bond acceptors (Lipinski definition) is 4. The summed E-state index contributed by atoms with van der Waals surface area (Å²) in [5.41, 5.74) is 0.970. The molecule has 4 nitrogen and oxygen atoms in total. The first-order chi connectivity index (χ1) is 10.3. The van der Waals surface area contributed by atoms with Crippen LogP contribution in [-0.4, -0.2) is 15.0 Å². The van der Waals surface area contributed by atoms with E-state index in [1.807, 2.05) is 24.4 Å². The van der Waals surface area contributed by atoms with Gasteiger partial charge in [-0.2, -0.15) is 0 Å². The van der Waals surface area contributed by atoms with E-state index in [2.05, 4.69) is 26.3 Å². The molecule has 21 heavy (non-hydrogen) atoms. The molecule has 0 aliphatic heterocycles. The molecule has 0 spiro atoms. The Bertz CT molecular complexity index is 809. The molecule has 1 saturated carbocycles. The van der Waals surface area contributed by atoms with Crippen molar-refractivity contribution >= 4 is 33.9 Å². The quantitative estimate of drug-likeness (QED) is 0.732. The summed E-state index contributed by atoms with van der Waals surface area (Å²) in [7, 11) is 0. The predicted molar refractivity (Wildman–Crippen MR) is 84.0 cm³/mol. The van der Waals surface area contributed by atoms with E-state index in [1.54, 1.807) is 12.3 Å². The number of rotatable bonds is 3. The van der Waals surface area contributed by atoms with Crippen molar-refractivity contribution in [2.45, 2.75) is 18.8 Å². The molecule has 0 unspecified atom stereocenters. The molecule has 1 fully saturated rings. The molecule has 4 rings (SSSR count).